The monoisotopic (exact) mass is 1130 g/mol. The molecule has 0 aliphatic rings. The predicted octanol–water partition coefficient (Wildman–Crippen LogP) is 23.9. The first-order valence-corrected chi connectivity index (χ1v) is 36.9. The fraction of sp³-hybridized carbons (Fsp3) is 0.946. The van der Waals surface area contributed by atoms with Gasteiger partial charge < -0.3 is 20.3 Å². The lowest BCUT2D eigenvalue weighted by Crippen LogP contribution is -2.45. The summed E-state index contributed by atoms with van der Waals surface area (Å²) in [6.07, 6.45) is 87.0. The van der Waals surface area contributed by atoms with Crippen molar-refractivity contribution in [1.29, 1.82) is 0 Å². The van der Waals surface area contributed by atoms with Crippen molar-refractivity contribution >= 4 is 11.9 Å². The number of rotatable bonds is 70. The van der Waals surface area contributed by atoms with E-state index >= 15 is 0 Å². The van der Waals surface area contributed by atoms with Gasteiger partial charge in [0, 0.05) is 12.8 Å². The lowest BCUT2D eigenvalue weighted by Gasteiger charge is -2.22. The zero-order chi connectivity index (χ0) is 57.8. The van der Waals surface area contributed by atoms with Crippen LogP contribution in [0.4, 0.5) is 0 Å². The number of aliphatic hydroxyl groups is 2. The number of esters is 1. The number of carbonyl (C=O) groups is 2. The van der Waals surface area contributed by atoms with E-state index in [1.807, 2.05) is 0 Å². The van der Waals surface area contributed by atoms with Crippen LogP contribution in [0, 0.1) is 0 Å². The van der Waals surface area contributed by atoms with Crippen LogP contribution < -0.4 is 5.32 Å². The Morgan fingerprint density at radius 2 is 0.588 bits per heavy atom. The van der Waals surface area contributed by atoms with E-state index < -0.39 is 12.1 Å². The van der Waals surface area contributed by atoms with Gasteiger partial charge in [-0.2, -0.15) is 0 Å². The Balaban J connectivity index is 3.36. The molecule has 3 N–H and O–H groups in total. The lowest BCUT2D eigenvalue weighted by atomic mass is 10.0. The van der Waals surface area contributed by atoms with Crippen molar-refractivity contribution in [3.8, 4) is 0 Å². The molecule has 0 radical (unpaired) electrons. The van der Waals surface area contributed by atoms with Crippen molar-refractivity contribution in [1.82, 2.24) is 5.32 Å². The van der Waals surface area contributed by atoms with Gasteiger partial charge in [-0.1, -0.05) is 373 Å². The maximum absolute atomic E-state index is 12.5. The smallest absolute Gasteiger partial charge is 0.305 e. The van der Waals surface area contributed by atoms with Crippen LogP contribution in [0.25, 0.3) is 0 Å². The van der Waals surface area contributed by atoms with Gasteiger partial charge >= 0.3 is 5.97 Å². The van der Waals surface area contributed by atoms with Gasteiger partial charge in [-0.15, -0.1) is 0 Å². The average Bonchev–Trinajstić information content (AvgIpc) is 3.46. The quantitative estimate of drug-likeness (QED) is 0.0320. The highest BCUT2D eigenvalue weighted by Crippen LogP contribution is 2.19. The minimum Gasteiger partial charge on any atom is -0.466 e. The van der Waals surface area contributed by atoms with Crippen LogP contribution >= 0.6 is 0 Å². The summed E-state index contributed by atoms with van der Waals surface area (Å²) in [5, 5.41) is 23.4. The number of amides is 1. The normalized spacial score (nSPS) is 12.5. The molecule has 6 heteroatoms. The minimum atomic E-state index is -0.665. The van der Waals surface area contributed by atoms with Gasteiger partial charge in [-0.25, -0.2) is 0 Å². The number of hydrogen-bond donors (Lipinski definition) is 3. The van der Waals surface area contributed by atoms with Gasteiger partial charge in [-0.3, -0.25) is 9.59 Å². The first-order chi connectivity index (χ1) is 39.5. The second-order valence-corrected chi connectivity index (χ2v) is 25.6. The number of aliphatic hydroxyl groups excluding tert-OH is 2. The second kappa shape index (κ2) is 70.1. The number of carbonyl (C=O) groups excluding carboxylic acids is 2. The number of nitrogens with one attached hydrogen (secondary N) is 1. The molecule has 0 spiro atoms. The van der Waals surface area contributed by atoms with E-state index in [1.54, 1.807) is 0 Å². The number of ether oxygens (including phenoxy) is 1. The molecule has 0 aromatic rings. The van der Waals surface area contributed by atoms with Crippen LogP contribution in [0.5, 0.6) is 0 Å². The Labute approximate surface area is 501 Å². The predicted molar refractivity (Wildman–Crippen MR) is 352 cm³/mol. The summed E-state index contributed by atoms with van der Waals surface area (Å²) in [7, 11) is 0. The molecule has 0 saturated carbocycles. The molecule has 2 unspecified atom stereocenters. The maximum atomic E-state index is 12.5. The lowest BCUT2D eigenvalue weighted by molar-refractivity contribution is -0.143. The molecule has 6 nitrogen and oxygen atoms in total. The average molecular weight is 1130 g/mol. The number of hydrogen-bond acceptors (Lipinski definition) is 5. The van der Waals surface area contributed by atoms with Gasteiger partial charge in [0.2, 0.25) is 5.91 Å². The second-order valence-electron chi connectivity index (χ2n) is 25.6. The molecule has 80 heavy (non-hydrogen) atoms. The minimum absolute atomic E-state index is 0.0204. The van der Waals surface area contributed by atoms with E-state index in [0.717, 1.165) is 38.5 Å². The van der Waals surface area contributed by atoms with Crippen LogP contribution in [0.2, 0.25) is 0 Å². The van der Waals surface area contributed by atoms with E-state index in [2.05, 4.69) is 31.3 Å². The SMILES string of the molecule is CCCCCCCCCCCCCCCCCCCCCC(=O)OCCCCCCCCCCCCCC/C=C\CCCCCCCCCCCCC(=O)NC(CO)C(O)CCCCCCCCCCCCCCCCCCCC. The van der Waals surface area contributed by atoms with E-state index in [1.165, 1.54) is 353 Å². The largest absolute Gasteiger partial charge is 0.466 e. The fourth-order valence-corrected chi connectivity index (χ4v) is 11.9. The van der Waals surface area contributed by atoms with E-state index in [9.17, 15) is 19.8 Å². The molecule has 2 atom stereocenters. The molecule has 0 heterocycles. The summed E-state index contributed by atoms with van der Waals surface area (Å²) >= 11 is 0. The van der Waals surface area contributed by atoms with Crippen LogP contribution in [-0.2, 0) is 14.3 Å². The third kappa shape index (κ3) is 65.7. The Bertz CT molecular complexity index is 1210. The van der Waals surface area contributed by atoms with Crippen LogP contribution in [0.3, 0.4) is 0 Å². The molecule has 0 aromatic heterocycles. The molecule has 0 aliphatic carbocycles. The topological polar surface area (TPSA) is 95.9 Å². The van der Waals surface area contributed by atoms with Gasteiger partial charge in [0.1, 0.15) is 0 Å². The highest BCUT2D eigenvalue weighted by Gasteiger charge is 2.20. The van der Waals surface area contributed by atoms with Crippen LogP contribution in [0.15, 0.2) is 12.2 Å². The first kappa shape index (κ1) is 78.6. The first-order valence-electron chi connectivity index (χ1n) is 36.9. The Kier molecular flexibility index (Phi) is 68.9. The van der Waals surface area contributed by atoms with Crippen molar-refractivity contribution in [2.45, 2.75) is 437 Å². The molecule has 0 bridgehead atoms. The van der Waals surface area contributed by atoms with Gasteiger partial charge in [-0.05, 0) is 51.4 Å². The molecule has 0 aliphatic heterocycles. The standard InChI is InChI=1S/C74H145NO5/c1-3-5-7-9-11-13-15-17-19-21-31-36-40-44-48-52-56-60-64-68-74(79)80-69-65-61-57-53-49-45-41-37-33-30-28-26-24-23-25-27-29-32-35-39-43-47-51-55-59-63-67-73(78)75-71(70-76)72(77)66-62-58-54-50-46-42-38-34-22-20-18-16-14-12-10-8-6-4-2/h23,25,71-72,76-77H,3-22,24,26-70H2,1-2H3,(H,75,78)/b25-23-. The molecule has 0 fully saturated rings. The summed E-state index contributed by atoms with van der Waals surface area (Å²) in [4.78, 5) is 24.7. The van der Waals surface area contributed by atoms with Gasteiger partial charge in [0.25, 0.3) is 0 Å². The van der Waals surface area contributed by atoms with E-state index in [4.69, 9.17) is 4.74 Å². The molecule has 476 valence electrons. The van der Waals surface area contributed by atoms with E-state index in [0.29, 0.717) is 25.9 Å². The van der Waals surface area contributed by atoms with Crippen LogP contribution in [-0.4, -0.2) is 47.4 Å². The highest BCUT2D eigenvalue weighted by atomic mass is 16.5. The maximum Gasteiger partial charge on any atom is 0.305 e. The van der Waals surface area contributed by atoms with Crippen molar-refractivity contribution in [3.05, 3.63) is 12.2 Å². The fourth-order valence-electron chi connectivity index (χ4n) is 11.9. The molecule has 0 saturated heterocycles. The third-order valence-electron chi connectivity index (χ3n) is 17.6. The van der Waals surface area contributed by atoms with Crippen molar-refractivity contribution in [3.63, 3.8) is 0 Å². The number of allylic oxidation sites excluding steroid dienone is 2. The highest BCUT2D eigenvalue weighted by molar-refractivity contribution is 5.76. The Morgan fingerprint density at radius 1 is 0.338 bits per heavy atom. The summed E-state index contributed by atoms with van der Waals surface area (Å²) in [5.74, 6) is -0.0120. The molecule has 0 aromatic carbocycles. The molecule has 1 amide bonds. The molecule has 0 rings (SSSR count). The van der Waals surface area contributed by atoms with Crippen molar-refractivity contribution < 1.29 is 24.5 Å². The zero-order valence-corrected chi connectivity index (χ0v) is 54.6. The Morgan fingerprint density at radius 3 is 0.887 bits per heavy atom. The molecular weight excluding hydrogens is 983 g/mol. The van der Waals surface area contributed by atoms with Gasteiger partial charge in [0.15, 0.2) is 0 Å². The van der Waals surface area contributed by atoms with Gasteiger partial charge in [0.05, 0.1) is 25.4 Å². The molecular formula is C74H145NO5. The van der Waals surface area contributed by atoms with E-state index in [-0.39, 0.29) is 18.5 Å². The number of unbranched alkanes of at least 4 members (excludes halogenated alkanes) is 57. The van der Waals surface area contributed by atoms with Crippen molar-refractivity contribution in [2.24, 2.45) is 0 Å². The van der Waals surface area contributed by atoms with Crippen LogP contribution in [0.1, 0.15) is 425 Å². The zero-order valence-electron chi connectivity index (χ0n) is 54.6. The summed E-state index contributed by atoms with van der Waals surface area (Å²) in [5.41, 5.74) is 0. The summed E-state index contributed by atoms with van der Waals surface area (Å²) < 4.78 is 5.51. The summed E-state index contributed by atoms with van der Waals surface area (Å²) in [6, 6.07) is -0.543. The third-order valence-corrected chi connectivity index (χ3v) is 17.6. The van der Waals surface area contributed by atoms with Crippen molar-refractivity contribution in [2.75, 3.05) is 13.2 Å². The Hall–Kier alpha value is -1.40. The summed E-state index contributed by atoms with van der Waals surface area (Å²) in [6.45, 7) is 5.00.